The van der Waals surface area contributed by atoms with E-state index in [1.807, 2.05) is 20.8 Å². The molecular weight excluding hydrogens is 748 g/mol. The summed E-state index contributed by atoms with van der Waals surface area (Å²) in [6.45, 7) is 8.63. The lowest BCUT2D eigenvalue weighted by atomic mass is 9.76. The molecule has 16 heteroatoms. The van der Waals surface area contributed by atoms with Crippen molar-refractivity contribution in [3.05, 3.63) is 23.4 Å². The lowest BCUT2D eigenvalue weighted by Gasteiger charge is -2.40. The van der Waals surface area contributed by atoms with Crippen molar-refractivity contribution in [1.82, 2.24) is 30.1 Å². The summed E-state index contributed by atoms with van der Waals surface area (Å²) in [5, 5.41) is 17.6. The maximum atomic E-state index is 13.8. The van der Waals surface area contributed by atoms with Gasteiger partial charge in [0, 0.05) is 38.0 Å². The smallest absolute Gasteiger partial charge is 0.307 e. The third-order valence-corrected chi connectivity index (χ3v) is 12.3. The summed E-state index contributed by atoms with van der Waals surface area (Å²) >= 11 is 0. The molecule has 5 atom stereocenters. The highest BCUT2D eigenvalue weighted by atomic mass is 16.6. The summed E-state index contributed by atoms with van der Waals surface area (Å²) in [4.78, 5) is 63.6. The molecule has 0 radical (unpaired) electrons. The van der Waals surface area contributed by atoms with Crippen molar-refractivity contribution < 1.29 is 47.5 Å². The maximum Gasteiger partial charge on any atom is 0.307 e. The highest BCUT2D eigenvalue weighted by Gasteiger charge is 2.36. The molecule has 2 saturated heterocycles. The molecule has 4 heterocycles. The van der Waals surface area contributed by atoms with Crippen molar-refractivity contribution in [2.75, 3.05) is 46.0 Å². The summed E-state index contributed by atoms with van der Waals surface area (Å²) in [6.07, 6.45) is 15.3. The van der Waals surface area contributed by atoms with Gasteiger partial charge in [0.2, 0.25) is 11.8 Å². The SMILES string of the molecule is CC(C)(C)OC(=O)C[C@@H](CCCC1CCCCC1)c1nc(C(=O)N2CCOC(C3CCCC(CCC[C@H](CC(=O)O)c4nc(C(=O)N5CCOCC5)no4)C3)C2)no1. The molecule has 2 amide bonds. The predicted molar refractivity (Wildman–Crippen MR) is 209 cm³/mol. The van der Waals surface area contributed by atoms with E-state index in [1.54, 1.807) is 9.80 Å². The average Bonchev–Trinajstić information content (AvgIpc) is 3.91. The minimum absolute atomic E-state index is 0.00776. The molecule has 6 rings (SSSR count). The zero-order chi connectivity index (χ0) is 41.1. The lowest BCUT2D eigenvalue weighted by Crippen LogP contribution is -2.49. The number of aromatic nitrogens is 4. The zero-order valence-corrected chi connectivity index (χ0v) is 34.7. The number of nitrogens with zero attached hydrogens (tertiary/aromatic N) is 6. The molecule has 16 nitrogen and oxygen atoms in total. The Bertz CT molecular complexity index is 1640. The number of morpholine rings is 2. The van der Waals surface area contributed by atoms with Gasteiger partial charge in [-0.05, 0) is 64.2 Å². The summed E-state index contributed by atoms with van der Waals surface area (Å²) in [5.41, 5.74) is -0.607. The predicted octanol–water partition coefficient (Wildman–Crippen LogP) is 6.57. The van der Waals surface area contributed by atoms with Gasteiger partial charge >= 0.3 is 11.9 Å². The minimum Gasteiger partial charge on any atom is -0.481 e. The van der Waals surface area contributed by atoms with E-state index in [0.717, 1.165) is 57.3 Å². The van der Waals surface area contributed by atoms with Crippen LogP contribution >= 0.6 is 0 Å². The molecule has 3 unspecified atom stereocenters. The third kappa shape index (κ3) is 12.8. The molecule has 2 aromatic heterocycles. The van der Waals surface area contributed by atoms with E-state index in [4.69, 9.17) is 23.3 Å². The van der Waals surface area contributed by atoms with Crippen molar-refractivity contribution in [1.29, 1.82) is 0 Å². The summed E-state index contributed by atoms with van der Waals surface area (Å²) < 4.78 is 28.4. The number of carbonyl (C=O) groups is 4. The van der Waals surface area contributed by atoms with E-state index < -0.39 is 17.5 Å². The largest absolute Gasteiger partial charge is 0.481 e. The van der Waals surface area contributed by atoms with Crippen molar-refractivity contribution >= 4 is 23.8 Å². The average molecular weight is 813 g/mol. The van der Waals surface area contributed by atoms with Gasteiger partial charge in [-0.15, -0.1) is 0 Å². The molecule has 0 spiro atoms. The second kappa shape index (κ2) is 20.9. The Balaban J connectivity index is 1.00. The number of hydrogen-bond acceptors (Lipinski definition) is 13. The monoisotopic (exact) mass is 812 g/mol. The number of aliphatic carboxylic acids is 1. The number of hydrogen-bond donors (Lipinski definition) is 1. The summed E-state index contributed by atoms with van der Waals surface area (Å²) in [7, 11) is 0. The molecule has 1 N–H and O–H groups in total. The van der Waals surface area contributed by atoms with Gasteiger partial charge in [-0.1, -0.05) is 80.9 Å². The van der Waals surface area contributed by atoms with Crippen LogP contribution in [0.15, 0.2) is 9.05 Å². The summed E-state index contributed by atoms with van der Waals surface area (Å²) in [6, 6.07) is 0. The fraction of sp³-hybridized carbons (Fsp3) is 0.810. The van der Waals surface area contributed by atoms with Crippen LogP contribution in [0.4, 0.5) is 0 Å². The van der Waals surface area contributed by atoms with E-state index >= 15 is 0 Å². The van der Waals surface area contributed by atoms with Crippen LogP contribution in [0.3, 0.4) is 0 Å². The molecule has 0 aromatic carbocycles. The van der Waals surface area contributed by atoms with Crippen molar-refractivity contribution in [3.63, 3.8) is 0 Å². The van der Waals surface area contributed by atoms with Crippen molar-refractivity contribution in [3.8, 4) is 0 Å². The Morgan fingerprint density at radius 2 is 1.34 bits per heavy atom. The Hall–Kier alpha value is -3.92. The van der Waals surface area contributed by atoms with Gasteiger partial charge in [0.1, 0.15) is 5.60 Å². The Morgan fingerprint density at radius 1 is 0.759 bits per heavy atom. The molecule has 2 aliphatic heterocycles. The molecule has 2 saturated carbocycles. The van der Waals surface area contributed by atoms with E-state index in [1.165, 1.54) is 32.1 Å². The molecule has 0 bridgehead atoms. The number of carboxylic acids is 1. The molecular formula is C42H64N6O10. The first-order valence-electron chi connectivity index (χ1n) is 21.8. The van der Waals surface area contributed by atoms with Crippen LogP contribution in [-0.2, 0) is 23.8 Å². The molecule has 2 aliphatic carbocycles. The number of carboxylic acid groups (broad SMARTS) is 1. The highest BCUT2D eigenvalue weighted by Crippen LogP contribution is 2.38. The van der Waals surface area contributed by atoms with Gasteiger partial charge < -0.3 is 38.2 Å². The van der Waals surface area contributed by atoms with Crippen LogP contribution < -0.4 is 0 Å². The van der Waals surface area contributed by atoms with Crippen LogP contribution in [0.5, 0.6) is 0 Å². The molecule has 4 aliphatic rings. The van der Waals surface area contributed by atoms with E-state index in [2.05, 4.69) is 20.3 Å². The summed E-state index contributed by atoms with van der Waals surface area (Å²) in [5.74, 6) is -0.853. The van der Waals surface area contributed by atoms with Gasteiger partial charge in [-0.3, -0.25) is 19.2 Å². The van der Waals surface area contributed by atoms with Crippen LogP contribution in [0.2, 0.25) is 0 Å². The van der Waals surface area contributed by atoms with Gasteiger partial charge in [-0.25, -0.2) is 0 Å². The van der Waals surface area contributed by atoms with Crippen LogP contribution in [0.1, 0.15) is 175 Å². The quantitative estimate of drug-likeness (QED) is 0.168. The van der Waals surface area contributed by atoms with Crippen molar-refractivity contribution in [2.24, 2.45) is 17.8 Å². The van der Waals surface area contributed by atoms with E-state index in [9.17, 15) is 24.3 Å². The Labute approximate surface area is 341 Å². The fourth-order valence-electron chi connectivity index (χ4n) is 9.31. The molecule has 2 aromatic rings. The zero-order valence-electron chi connectivity index (χ0n) is 34.7. The first-order chi connectivity index (χ1) is 27.9. The first kappa shape index (κ1) is 43.7. The van der Waals surface area contributed by atoms with Gasteiger partial charge in [0.15, 0.2) is 0 Å². The molecule has 322 valence electrons. The van der Waals surface area contributed by atoms with Gasteiger partial charge in [-0.2, -0.15) is 9.97 Å². The second-order valence-corrected chi connectivity index (χ2v) is 17.9. The molecule has 4 fully saturated rings. The molecule has 58 heavy (non-hydrogen) atoms. The number of amides is 2. The first-order valence-corrected chi connectivity index (χ1v) is 21.8. The topological polar surface area (TPSA) is 201 Å². The second-order valence-electron chi connectivity index (χ2n) is 17.9. The number of esters is 1. The minimum atomic E-state index is -0.960. The normalized spacial score (nSPS) is 23.3. The highest BCUT2D eigenvalue weighted by molar-refractivity contribution is 5.91. The van der Waals surface area contributed by atoms with Gasteiger partial charge in [0.25, 0.3) is 23.5 Å². The number of carbonyl (C=O) groups excluding carboxylic acids is 3. The fourth-order valence-corrected chi connectivity index (χ4v) is 9.31. The van der Waals surface area contributed by atoms with Crippen LogP contribution in [0, 0.1) is 17.8 Å². The van der Waals surface area contributed by atoms with E-state index in [0.29, 0.717) is 70.6 Å². The standard InChI is InChI=1S/C42H64N6O10/c1-42(2,3)56-35(51)26-32(17-7-12-28-10-5-4-6-11-28)39-44-37(46-58-39)41(53)48-20-23-55-33(27-48)30-15-8-13-29(24-30)14-9-16-31(25-34(49)50)38-43-36(45-57-38)40(52)47-18-21-54-22-19-47/h28-33H,4-27H2,1-3H3,(H,49,50)/t29?,30?,31-,32-,33?/m1/s1. The maximum absolute atomic E-state index is 13.8. The number of rotatable bonds is 17. The Kier molecular flexibility index (Phi) is 15.7. The Morgan fingerprint density at radius 3 is 1.98 bits per heavy atom. The van der Waals surface area contributed by atoms with Crippen molar-refractivity contribution in [2.45, 2.75) is 153 Å². The van der Waals surface area contributed by atoms with E-state index in [-0.39, 0.29) is 66.1 Å². The van der Waals surface area contributed by atoms with Gasteiger partial charge in [0.05, 0.1) is 38.8 Å². The number of ether oxygens (including phenoxy) is 3. The van der Waals surface area contributed by atoms with Crippen LogP contribution in [-0.4, -0.2) is 117 Å². The third-order valence-electron chi connectivity index (χ3n) is 12.3. The van der Waals surface area contributed by atoms with Crippen LogP contribution in [0.25, 0.3) is 0 Å². The lowest BCUT2D eigenvalue weighted by molar-refractivity contribution is -0.155.